The molecule has 0 bridgehead atoms. The van der Waals surface area contributed by atoms with Crippen LogP contribution in [0.2, 0.25) is 0 Å². The van der Waals surface area contributed by atoms with E-state index in [-0.39, 0.29) is 12.2 Å². The van der Waals surface area contributed by atoms with Gasteiger partial charge in [-0.2, -0.15) is 0 Å². The number of carbonyl (C=O) groups excluding carboxylic acids is 2. The topological polar surface area (TPSA) is 55.4 Å². The van der Waals surface area contributed by atoms with Gasteiger partial charge in [-0.3, -0.25) is 9.59 Å². The highest BCUT2D eigenvalue weighted by Gasteiger charge is 2.14. The Bertz CT molecular complexity index is 620. The zero-order valence-corrected chi connectivity index (χ0v) is 19.6. The van der Waals surface area contributed by atoms with E-state index in [1.54, 1.807) is 19.1 Å². The van der Waals surface area contributed by atoms with Crippen molar-refractivity contribution in [1.82, 2.24) is 0 Å². The van der Waals surface area contributed by atoms with E-state index in [1.807, 2.05) is 12.1 Å². The van der Waals surface area contributed by atoms with E-state index in [1.165, 1.54) is 89.9 Å². The summed E-state index contributed by atoms with van der Waals surface area (Å²) in [4.78, 5) is 23.4. The van der Waals surface area contributed by atoms with Gasteiger partial charge in [0.25, 0.3) is 0 Å². The van der Waals surface area contributed by atoms with Crippen LogP contribution in [0, 0.1) is 5.92 Å². The fraction of sp³-hybridized carbons (Fsp3) is 0.704. The van der Waals surface area contributed by atoms with Crippen molar-refractivity contribution in [2.24, 2.45) is 5.92 Å². The van der Waals surface area contributed by atoms with E-state index in [0.29, 0.717) is 12.2 Å². The van der Waals surface area contributed by atoms with E-state index >= 15 is 0 Å². The maximum atomic E-state index is 12.0. The second-order valence-corrected chi connectivity index (χ2v) is 9.03. The summed E-state index contributed by atoms with van der Waals surface area (Å²) in [6, 6.07) is 7.37. The Morgan fingerprint density at radius 3 is 2.06 bits per heavy atom. The molecule has 1 N–H and O–H groups in total. The number of rotatable bonds is 17. The van der Waals surface area contributed by atoms with Gasteiger partial charge in [-0.1, -0.05) is 83.5 Å². The molecule has 0 unspecified atom stereocenters. The maximum absolute atomic E-state index is 12.0. The number of esters is 1. The Balaban J connectivity index is 1.41. The molecule has 0 heterocycles. The molecular formula is C27H43NO3. The lowest BCUT2D eigenvalue weighted by atomic mass is 9.99. The molecule has 31 heavy (non-hydrogen) atoms. The minimum absolute atomic E-state index is 0.193. The Kier molecular flexibility index (Phi) is 13.0. The number of nitrogens with one attached hydrogen (secondary N) is 1. The number of hydrogen-bond acceptors (Lipinski definition) is 4. The molecule has 0 radical (unpaired) electrons. The normalized spacial score (nSPS) is 14.0. The van der Waals surface area contributed by atoms with Gasteiger partial charge in [0, 0.05) is 17.8 Å². The lowest BCUT2D eigenvalue weighted by molar-refractivity contribution is -0.141. The Hall–Kier alpha value is -1.84. The average Bonchev–Trinajstić information content (AvgIpc) is 3.28. The third-order valence-electron chi connectivity index (χ3n) is 6.41. The maximum Gasteiger partial charge on any atom is 0.313 e. The molecule has 0 aromatic heterocycles. The predicted molar refractivity (Wildman–Crippen MR) is 129 cm³/mol. The van der Waals surface area contributed by atoms with Gasteiger partial charge in [-0.15, -0.1) is 0 Å². The molecule has 1 aliphatic carbocycles. The van der Waals surface area contributed by atoms with Crippen molar-refractivity contribution in [2.45, 2.75) is 103 Å². The van der Waals surface area contributed by atoms with Gasteiger partial charge in [-0.25, -0.2) is 0 Å². The van der Waals surface area contributed by atoms with E-state index in [2.05, 4.69) is 5.32 Å². The molecule has 4 nitrogen and oxygen atoms in total. The second-order valence-electron chi connectivity index (χ2n) is 9.03. The number of carbonyl (C=O) groups is 2. The largest absolute Gasteiger partial charge is 0.466 e. The van der Waals surface area contributed by atoms with Crippen LogP contribution < -0.4 is 5.32 Å². The van der Waals surface area contributed by atoms with Crippen LogP contribution in [0.1, 0.15) is 114 Å². The average molecular weight is 430 g/mol. The molecule has 1 aliphatic rings. The summed E-state index contributed by atoms with van der Waals surface area (Å²) in [7, 11) is 0. The summed E-state index contributed by atoms with van der Waals surface area (Å²) < 4.78 is 4.83. The monoisotopic (exact) mass is 429 g/mol. The van der Waals surface area contributed by atoms with Crippen molar-refractivity contribution < 1.29 is 14.3 Å². The smallest absolute Gasteiger partial charge is 0.313 e. The summed E-state index contributed by atoms with van der Waals surface area (Å²) in [5.41, 5.74) is 1.57. The second kappa shape index (κ2) is 15.9. The summed E-state index contributed by atoms with van der Waals surface area (Å²) >= 11 is 0. The first-order valence-corrected chi connectivity index (χ1v) is 12.7. The zero-order valence-electron chi connectivity index (χ0n) is 19.6. The van der Waals surface area contributed by atoms with Gasteiger partial charge < -0.3 is 10.1 Å². The molecule has 2 rings (SSSR count). The summed E-state index contributed by atoms with van der Waals surface area (Å²) in [5.74, 6) is 0.401. The van der Waals surface area contributed by atoms with Crippen molar-refractivity contribution in [3.8, 4) is 0 Å². The third-order valence-corrected chi connectivity index (χ3v) is 6.41. The van der Waals surface area contributed by atoms with Crippen LogP contribution in [0.3, 0.4) is 0 Å². The van der Waals surface area contributed by atoms with Crippen molar-refractivity contribution >= 4 is 17.4 Å². The van der Waals surface area contributed by atoms with Crippen LogP contribution >= 0.6 is 0 Å². The zero-order chi connectivity index (χ0) is 22.2. The molecule has 0 aliphatic heterocycles. The minimum Gasteiger partial charge on any atom is -0.466 e. The fourth-order valence-corrected chi connectivity index (χ4v) is 4.55. The number of benzene rings is 1. The number of Topliss-reactive ketones (excluding diaryl/α,β-unsaturated/α-hetero) is 1. The molecule has 1 saturated carbocycles. The quantitative estimate of drug-likeness (QED) is 0.122. The highest BCUT2D eigenvalue weighted by molar-refractivity contribution is 6.06. The van der Waals surface area contributed by atoms with E-state index in [4.69, 9.17) is 4.74 Å². The van der Waals surface area contributed by atoms with E-state index in [9.17, 15) is 9.59 Å². The summed E-state index contributed by atoms with van der Waals surface area (Å²) in [6.45, 7) is 2.99. The molecule has 0 amide bonds. The van der Waals surface area contributed by atoms with Gasteiger partial charge in [0.1, 0.15) is 6.42 Å². The van der Waals surface area contributed by atoms with Crippen molar-refractivity contribution in [3.63, 3.8) is 0 Å². The number of ether oxygens (including phenoxy) is 1. The van der Waals surface area contributed by atoms with Gasteiger partial charge >= 0.3 is 5.97 Å². The Morgan fingerprint density at radius 1 is 0.871 bits per heavy atom. The molecular weight excluding hydrogens is 386 g/mol. The van der Waals surface area contributed by atoms with Crippen molar-refractivity contribution in [3.05, 3.63) is 29.8 Å². The van der Waals surface area contributed by atoms with Crippen LogP contribution in [0.4, 0.5) is 5.69 Å². The lowest BCUT2D eigenvalue weighted by Crippen LogP contribution is -2.11. The first-order valence-electron chi connectivity index (χ1n) is 12.7. The minimum atomic E-state index is -0.464. The van der Waals surface area contributed by atoms with Crippen LogP contribution in [0.25, 0.3) is 0 Å². The summed E-state index contributed by atoms with van der Waals surface area (Å²) in [6.07, 6.45) is 19.5. The summed E-state index contributed by atoms with van der Waals surface area (Å²) in [5, 5.41) is 3.42. The molecule has 174 valence electrons. The van der Waals surface area contributed by atoms with Crippen molar-refractivity contribution in [1.29, 1.82) is 0 Å². The van der Waals surface area contributed by atoms with Gasteiger partial charge in [-0.05, 0) is 43.5 Å². The number of hydrogen-bond donors (Lipinski definition) is 1. The number of ketones is 1. The number of unbranched alkanes of at least 4 members (excludes halogenated alkanes) is 8. The van der Waals surface area contributed by atoms with Gasteiger partial charge in [0.15, 0.2) is 5.78 Å². The molecule has 0 saturated heterocycles. The molecule has 1 aromatic rings. The highest BCUT2D eigenvalue weighted by Crippen LogP contribution is 2.29. The molecule has 4 heteroatoms. The molecule has 0 spiro atoms. The fourth-order valence-electron chi connectivity index (χ4n) is 4.55. The van der Waals surface area contributed by atoms with E-state index in [0.717, 1.165) is 18.2 Å². The molecule has 0 atom stereocenters. The van der Waals surface area contributed by atoms with Crippen LogP contribution in [0.5, 0.6) is 0 Å². The molecule has 1 aromatic carbocycles. The highest BCUT2D eigenvalue weighted by atomic mass is 16.5. The van der Waals surface area contributed by atoms with Crippen LogP contribution in [0.15, 0.2) is 24.3 Å². The molecule has 1 fully saturated rings. The SMILES string of the molecule is CCOC(=O)CC(=O)c1ccc(NCCCCCCCCCCCC2CCCC2)cc1. The van der Waals surface area contributed by atoms with Gasteiger partial charge in [0.05, 0.1) is 6.61 Å². The third kappa shape index (κ3) is 11.4. The standard InChI is InChI=1S/C27H43NO3/c1-2-31-27(30)22-26(29)24-17-19-25(20-18-24)28-21-13-9-7-5-3-4-6-8-10-14-23-15-11-12-16-23/h17-20,23,28H,2-16,21-22H2,1H3. The van der Waals surface area contributed by atoms with Crippen LogP contribution in [-0.2, 0) is 9.53 Å². The number of anilines is 1. The van der Waals surface area contributed by atoms with E-state index < -0.39 is 5.97 Å². The first kappa shape index (κ1) is 25.4. The van der Waals surface area contributed by atoms with Gasteiger partial charge in [0.2, 0.25) is 0 Å². The lowest BCUT2D eigenvalue weighted by Gasteiger charge is -2.08. The Labute approximate surface area is 189 Å². The first-order chi connectivity index (χ1) is 15.2. The predicted octanol–water partition coefficient (Wildman–Crippen LogP) is 7.33. The Morgan fingerprint density at radius 2 is 1.45 bits per heavy atom. The van der Waals surface area contributed by atoms with Crippen molar-refractivity contribution in [2.75, 3.05) is 18.5 Å². The van der Waals surface area contributed by atoms with Crippen LogP contribution in [-0.4, -0.2) is 24.9 Å².